The predicted molar refractivity (Wildman–Crippen MR) is 85.6 cm³/mol. The maximum atomic E-state index is 12.1. The highest BCUT2D eigenvalue weighted by molar-refractivity contribution is 7.11. The molecule has 0 aliphatic carbocycles. The molecule has 3 aromatic heterocycles. The average molecular weight is 315 g/mol. The fourth-order valence-corrected chi connectivity index (χ4v) is 3.38. The standard InChI is InChI=1S/C15H13N3OS2/c1-10-14(21-9-18-10)15(19)17-7-11-3-2-5-16-13(11)12-4-6-20-8-12/h2-6,8-9H,7H2,1H3,(H,17,19). The average Bonchev–Trinajstić information content (AvgIpc) is 3.16. The van der Waals surface area contributed by atoms with E-state index in [-0.39, 0.29) is 5.91 Å². The van der Waals surface area contributed by atoms with E-state index in [0.717, 1.165) is 22.5 Å². The van der Waals surface area contributed by atoms with E-state index in [4.69, 9.17) is 0 Å². The van der Waals surface area contributed by atoms with Gasteiger partial charge in [-0.05, 0) is 30.0 Å². The molecule has 21 heavy (non-hydrogen) atoms. The molecule has 3 aromatic rings. The molecule has 1 N–H and O–H groups in total. The Morgan fingerprint density at radius 2 is 2.24 bits per heavy atom. The van der Waals surface area contributed by atoms with Crippen LogP contribution < -0.4 is 5.32 Å². The molecule has 0 saturated heterocycles. The van der Waals surface area contributed by atoms with Crippen molar-refractivity contribution in [2.24, 2.45) is 0 Å². The van der Waals surface area contributed by atoms with Crippen molar-refractivity contribution < 1.29 is 4.79 Å². The van der Waals surface area contributed by atoms with Crippen molar-refractivity contribution in [3.05, 3.63) is 56.8 Å². The van der Waals surface area contributed by atoms with E-state index < -0.39 is 0 Å². The zero-order chi connectivity index (χ0) is 14.7. The van der Waals surface area contributed by atoms with Crippen molar-refractivity contribution in [1.82, 2.24) is 15.3 Å². The SMILES string of the molecule is Cc1ncsc1C(=O)NCc1cccnc1-c1ccsc1. The van der Waals surface area contributed by atoms with Crippen LogP contribution in [0.5, 0.6) is 0 Å². The zero-order valence-electron chi connectivity index (χ0n) is 11.4. The number of aryl methyl sites for hydroxylation is 1. The number of carbonyl (C=O) groups is 1. The molecule has 0 aromatic carbocycles. The lowest BCUT2D eigenvalue weighted by Gasteiger charge is -2.08. The fraction of sp³-hybridized carbons (Fsp3) is 0.133. The van der Waals surface area contributed by atoms with E-state index in [1.54, 1.807) is 23.0 Å². The van der Waals surface area contributed by atoms with Crippen LogP contribution in [0.1, 0.15) is 20.9 Å². The molecular weight excluding hydrogens is 302 g/mol. The van der Waals surface area contributed by atoms with Crippen LogP contribution in [-0.2, 0) is 6.54 Å². The Morgan fingerprint density at radius 3 is 2.95 bits per heavy atom. The number of thiophene rings is 1. The maximum absolute atomic E-state index is 12.1. The maximum Gasteiger partial charge on any atom is 0.263 e. The molecule has 3 rings (SSSR count). The number of hydrogen-bond acceptors (Lipinski definition) is 5. The van der Waals surface area contributed by atoms with Crippen molar-refractivity contribution >= 4 is 28.6 Å². The highest BCUT2D eigenvalue weighted by Crippen LogP contribution is 2.23. The molecule has 0 bridgehead atoms. The second-order valence-electron chi connectivity index (χ2n) is 4.47. The van der Waals surface area contributed by atoms with Gasteiger partial charge in [-0.2, -0.15) is 11.3 Å². The van der Waals surface area contributed by atoms with Gasteiger partial charge in [-0.25, -0.2) is 4.98 Å². The number of rotatable bonds is 4. The summed E-state index contributed by atoms with van der Waals surface area (Å²) < 4.78 is 0. The number of amides is 1. The van der Waals surface area contributed by atoms with E-state index in [2.05, 4.69) is 20.7 Å². The van der Waals surface area contributed by atoms with Gasteiger partial charge in [0.2, 0.25) is 0 Å². The van der Waals surface area contributed by atoms with Gasteiger partial charge in [-0.1, -0.05) is 6.07 Å². The smallest absolute Gasteiger partial charge is 0.263 e. The lowest BCUT2D eigenvalue weighted by molar-refractivity contribution is 0.0954. The molecule has 0 aliphatic heterocycles. The van der Waals surface area contributed by atoms with Crippen LogP contribution in [0.15, 0.2) is 40.7 Å². The van der Waals surface area contributed by atoms with E-state index >= 15 is 0 Å². The Bertz CT molecular complexity index is 750. The molecule has 4 nitrogen and oxygen atoms in total. The minimum Gasteiger partial charge on any atom is -0.347 e. The summed E-state index contributed by atoms with van der Waals surface area (Å²) in [5.74, 6) is -0.0879. The molecule has 0 radical (unpaired) electrons. The molecule has 0 aliphatic rings. The molecule has 0 atom stereocenters. The topological polar surface area (TPSA) is 54.9 Å². The minimum absolute atomic E-state index is 0.0879. The van der Waals surface area contributed by atoms with Crippen molar-refractivity contribution in [2.75, 3.05) is 0 Å². The Kier molecular flexibility index (Phi) is 4.08. The number of hydrogen-bond donors (Lipinski definition) is 1. The van der Waals surface area contributed by atoms with Crippen molar-refractivity contribution in [3.8, 4) is 11.3 Å². The van der Waals surface area contributed by atoms with E-state index in [0.29, 0.717) is 11.4 Å². The van der Waals surface area contributed by atoms with Crippen LogP contribution in [0.2, 0.25) is 0 Å². The van der Waals surface area contributed by atoms with Crippen LogP contribution in [0.4, 0.5) is 0 Å². The van der Waals surface area contributed by atoms with Gasteiger partial charge >= 0.3 is 0 Å². The van der Waals surface area contributed by atoms with Gasteiger partial charge in [0.25, 0.3) is 5.91 Å². The molecule has 0 fully saturated rings. The first-order valence-corrected chi connectivity index (χ1v) is 8.22. The van der Waals surface area contributed by atoms with Gasteiger partial charge in [-0.15, -0.1) is 11.3 Å². The van der Waals surface area contributed by atoms with E-state index in [1.807, 2.05) is 30.5 Å². The minimum atomic E-state index is -0.0879. The van der Waals surface area contributed by atoms with E-state index in [9.17, 15) is 4.79 Å². The number of carbonyl (C=O) groups excluding carboxylic acids is 1. The van der Waals surface area contributed by atoms with Crippen molar-refractivity contribution in [2.45, 2.75) is 13.5 Å². The second-order valence-corrected chi connectivity index (χ2v) is 6.11. The fourth-order valence-electron chi connectivity index (χ4n) is 2.02. The summed E-state index contributed by atoms with van der Waals surface area (Å²) in [6.07, 6.45) is 1.77. The molecule has 3 heterocycles. The molecule has 106 valence electrons. The summed E-state index contributed by atoms with van der Waals surface area (Å²) in [5.41, 5.74) is 5.46. The Labute approximate surface area is 130 Å². The molecule has 6 heteroatoms. The molecular formula is C15H13N3OS2. The number of aromatic nitrogens is 2. The summed E-state index contributed by atoms with van der Waals surface area (Å²) in [5, 5.41) is 7.02. The number of thiazole rings is 1. The first kappa shape index (κ1) is 13.9. The molecule has 0 spiro atoms. The van der Waals surface area contributed by atoms with Crippen LogP contribution in [-0.4, -0.2) is 15.9 Å². The highest BCUT2D eigenvalue weighted by Gasteiger charge is 2.13. The van der Waals surface area contributed by atoms with Gasteiger partial charge in [0, 0.05) is 23.7 Å². The lowest BCUT2D eigenvalue weighted by Crippen LogP contribution is -2.23. The molecule has 1 amide bonds. The Balaban J connectivity index is 1.77. The monoisotopic (exact) mass is 315 g/mol. The molecule has 0 unspecified atom stereocenters. The van der Waals surface area contributed by atoms with Crippen LogP contribution in [0, 0.1) is 6.92 Å². The van der Waals surface area contributed by atoms with Gasteiger partial charge in [0.1, 0.15) is 4.88 Å². The Hall–Kier alpha value is -2.05. The van der Waals surface area contributed by atoms with Gasteiger partial charge in [0.05, 0.1) is 16.9 Å². The Morgan fingerprint density at radius 1 is 1.33 bits per heavy atom. The quantitative estimate of drug-likeness (QED) is 0.801. The van der Waals surface area contributed by atoms with Gasteiger partial charge in [0.15, 0.2) is 0 Å². The third-order valence-electron chi connectivity index (χ3n) is 3.08. The number of pyridine rings is 1. The first-order valence-electron chi connectivity index (χ1n) is 6.40. The summed E-state index contributed by atoms with van der Waals surface area (Å²) in [6.45, 7) is 2.29. The number of nitrogens with one attached hydrogen (secondary N) is 1. The highest BCUT2D eigenvalue weighted by atomic mass is 32.1. The largest absolute Gasteiger partial charge is 0.347 e. The van der Waals surface area contributed by atoms with Crippen LogP contribution >= 0.6 is 22.7 Å². The lowest BCUT2D eigenvalue weighted by atomic mass is 10.1. The van der Waals surface area contributed by atoms with Gasteiger partial charge < -0.3 is 5.32 Å². The van der Waals surface area contributed by atoms with Crippen molar-refractivity contribution in [1.29, 1.82) is 0 Å². The van der Waals surface area contributed by atoms with Gasteiger partial charge in [-0.3, -0.25) is 9.78 Å². The second kappa shape index (κ2) is 6.15. The third kappa shape index (κ3) is 3.01. The van der Waals surface area contributed by atoms with Crippen molar-refractivity contribution in [3.63, 3.8) is 0 Å². The first-order chi connectivity index (χ1) is 10.3. The summed E-state index contributed by atoms with van der Waals surface area (Å²) in [7, 11) is 0. The number of nitrogens with zero attached hydrogens (tertiary/aromatic N) is 2. The van der Waals surface area contributed by atoms with E-state index in [1.165, 1.54) is 11.3 Å². The van der Waals surface area contributed by atoms with Crippen LogP contribution in [0.3, 0.4) is 0 Å². The normalized spacial score (nSPS) is 10.5. The summed E-state index contributed by atoms with van der Waals surface area (Å²) in [6, 6.07) is 5.90. The zero-order valence-corrected chi connectivity index (χ0v) is 13.0. The van der Waals surface area contributed by atoms with Crippen LogP contribution in [0.25, 0.3) is 11.3 Å². The third-order valence-corrected chi connectivity index (χ3v) is 4.69. The summed E-state index contributed by atoms with van der Waals surface area (Å²) >= 11 is 2.99. The summed E-state index contributed by atoms with van der Waals surface area (Å²) in [4.78, 5) is 21.3. The predicted octanol–water partition coefficient (Wildman–Crippen LogP) is 3.51. The molecule has 0 saturated carbocycles.